The molecule has 3 aromatic carbocycles. The SMILES string of the molecule is COC(=O)C1CON(c2ccc(F)cc2)C1c1ccc(-c2ccccc2)cc1. The van der Waals surface area contributed by atoms with Crippen molar-refractivity contribution in [2.45, 2.75) is 6.04 Å². The molecule has 0 amide bonds. The van der Waals surface area contributed by atoms with Gasteiger partial charge in [-0.1, -0.05) is 54.6 Å². The number of hydrogen-bond acceptors (Lipinski definition) is 4. The van der Waals surface area contributed by atoms with E-state index in [0.29, 0.717) is 5.69 Å². The highest BCUT2D eigenvalue weighted by molar-refractivity contribution is 5.75. The van der Waals surface area contributed by atoms with E-state index in [4.69, 9.17) is 9.57 Å². The van der Waals surface area contributed by atoms with Crippen LogP contribution in [-0.4, -0.2) is 19.7 Å². The molecular formula is C23H20FNO3. The molecule has 0 radical (unpaired) electrons. The van der Waals surface area contributed by atoms with Gasteiger partial charge in [-0.15, -0.1) is 0 Å². The molecule has 0 aliphatic carbocycles. The Morgan fingerprint density at radius 2 is 1.61 bits per heavy atom. The van der Waals surface area contributed by atoms with Crippen LogP contribution in [-0.2, 0) is 14.4 Å². The van der Waals surface area contributed by atoms with Gasteiger partial charge >= 0.3 is 5.97 Å². The number of nitrogens with zero attached hydrogens (tertiary/aromatic N) is 1. The molecule has 3 aromatic rings. The summed E-state index contributed by atoms with van der Waals surface area (Å²) in [5.41, 5.74) is 3.82. The van der Waals surface area contributed by atoms with Crippen LogP contribution in [0.2, 0.25) is 0 Å². The van der Waals surface area contributed by atoms with Gasteiger partial charge in [0.15, 0.2) is 0 Å². The van der Waals surface area contributed by atoms with Gasteiger partial charge in [-0.3, -0.25) is 9.63 Å². The first-order chi connectivity index (χ1) is 13.7. The highest BCUT2D eigenvalue weighted by Gasteiger charge is 2.42. The number of methoxy groups -OCH3 is 1. The molecule has 1 aliphatic heterocycles. The topological polar surface area (TPSA) is 38.8 Å². The van der Waals surface area contributed by atoms with E-state index in [1.165, 1.54) is 19.2 Å². The maximum absolute atomic E-state index is 13.3. The molecule has 1 heterocycles. The molecule has 0 spiro atoms. The zero-order valence-electron chi connectivity index (χ0n) is 15.4. The minimum absolute atomic E-state index is 0.204. The smallest absolute Gasteiger partial charge is 0.313 e. The van der Waals surface area contributed by atoms with E-state index in [0.717, 1.165) is 16.7 Å². The second-order valence-corrected chi connectivity index (χ2v) is 6.66. The highest BCUT2D eigenvalue weighted by Crippen LogP contribution is 2.40. The van der Waals surface area contributed by atoms with E-state index < -0.39 is 5.92 Å². The molecule has 2 unspecified atom stereocenters. The Morgan fingerprint density at radius 3 is 2.25 bits per heavy atom. The van der Waals surface area contributed by atoms with Gasteiger partial charge in [0.05, 0.1) is 25.4 Å². The van der Waals surface area contributed by atoms with Gasteiger partial charge in [0.2, 0.25) is 0 Å². The van der Waals surface area contributed by atoms with Crippen molar-refractivity contribution in [1.29, 1.82) is 0 Å². The maximum Gasteiger partial charge on any atom is 0.313 e. The molecule has 142 valence electrons. The van der Waals surface area contributed by atoms with E-state index in [-0.39, 0.29) is 24.4 Å². The first kappa shape index (κ1) is 18.2. The van der Waals surface area contributed by atoms with Crippen molar-refractivity contribution in [3.8, 4) is 11.1 Å². The Hall–Kier alpha value is -3.18. The summed E-state index contributed by atoms with van der Waals surface area (Å²) in [5.74, 6) is -1.13. The zero-order chi connectivity index (χ0) is 19.5. The molecule has 4 rings (SSSR count). The summed E-state index contributed by atoms with van der Waals surface area (Å²) >= 11 is 0. The third-order valence-corrected chi connectivity index (χ3v) is 4.97. The summed E-state index contributed by atoms with van der Waals surface area (Å²) in [6.07, 6.45) is 0. The number of benzene rings is 3. The van der Waals surface area contributed by atoms with E-state index in [9.17, 15) is 9.18 Å². The molecule has 1 saturated heterocycles. The second kappa shape index (κ2) is 7.82. The molecule has 1 aliphatic rings. The van der Waals surface area contributed by atoms with Crippen molar-refractivity contribution >= 4 is 11.7 Å². The predicted molar refractivity (Wildman–Crippen MR) is 105 cm³/mol. The van der Waals surface area contributed by atoms with Crippen molar-refractivity contribution in [2.75, 3.05) is 18.8 Å². The lowest BCUT2D eigenvalue weighted by Crippen LogP contribution is -2.28. The Labute approximate surface area is 163 Å². The van der Waals surface area contributed by atoms with Crippen molar-refractivity contribution < 1.29 is 18.8 Å². The fourth-order valence-electron chi connectivity index (χ4n) is 3.54. The van der Waals surface area contributed by atoms with Gasteiger partial charge in [-0.2, -0.15) is 0 Å². The number of anilines is 1. The van der Waals surface area contributed by atoms with Crippen molar-refractivity contribution in [1.82, 2.24) is 0 Å². The van der Waals surface area contributed by atoms with Crippen LogP contribution in [0.5, 0.6) is 0 Å². The summed E-state index contributed by atoms with van der Waals surface area (Å²) in [6, 6.07) is 23.8. The summed E-state index contributed by atoms with van der Waals surface area (Å²) < 4.78 is 18.3. The van der Waals surface area contributed by atoms with Crippen molar-refractivity contribution in [2.24, 2.45) is 5.92 Å². The number of esters is 1. The lowest BCUT2D eigenvalue weighted by Gasteiger charge is -2.27. The van der Waals surface area contributed by atoms with Crippen LogP contribution < -0.4 is 5.06 Å². The van der Waals surface area contributed by atoms with E-state index in [1.807, 2.05) is 42.5 Å². The van der Waals surface area contributed by atoms with Gasteiger partial charge < -0.3 is 4.74 Å². The minimum Gasteiger partial charge on any atom is -0.469 e. The first-order valence-corrected chi connectivity index (χ1v) is 9.08. The fraction of sp³-hybridized carbons (Fsp3) is 0.174. The normalized spacial score (nSPS) is 18.9. The quantitative estimate of drug-likeness (QED) is 0.614. The average Bonchev–Trinajstić information content (AvgIpc) is 3.19. The van der Waals surface area contributed by atoms with Gasteiger partial charge in [0.1, 0.15) is 11.7 Å². The molecule has 0 saturated carbocycles. The van der Waals surface area contributed by atoms with Crippen LogP contribution >= 0.6 is 0 Å². The van der Waals surface area contributed by atoms with Crippen LogP contribution in [0.4, 0.5) is 10.1 Å². The second-order valence-electron chi connectivity index (χ2n) is 6.66. The molecule has 5 heteroatoms. The first-order valence-electron chi connectivity index (χ1n) is 9.08. The van der Waals surface area contributed by atoms with Crippen LogP contribution in [0.25, 0.3) is 11.1 Å². The van der Waals surface area contributed by atoms with Gasteiger partial charge in [-0.05, 0) is 41.0 Å². The summed E-state index contributed by atoms with van der Waals surface area (Å²) in [7, 11) is 1.37. The Kier molecular flexibility index (Phi) is 5.08. The largest absolute Gasteiger partial charge is 0.469 e. The number of halogens is 1. The predicted octanol–water partition coefficient (Wildman–Crippen LogP) is 4.77. The summed E-state index contributed by atoms with van der Waals surface area (Å²) in [6.45, 7) is 0.204. The number of hydroxylamine groups is 1. The monoisotopic (exact) mass is 377 g/mol. The summed E-state index contributed by atoms with van der Waals surface area (Å²) in [5, 5.41) is 1.67. The number of carbonyl (C=O) groups is 1. The number of ether oxygens (including phenoxy) is 1. The average molecular weight is 377 g/mol. The van der Waals surface area contributed by atoms with E-state index in [1.54, 1.807) is 17.2 Å². The highest BCUT2D eigenvalue weighted by atomic mass is 19.1. The number of hydrogen-bond donors (Lipinski definition) is 0. The minimum atomic E-state index is -0.474. The van der Waals surface area contributed by atoms with Crippen LogP contribution in [0.15, 0.2) is 78.9 Å². The van der Waals surface area contributed by atoms with Crippen LogP contribution in [0.3, 0.4) is 0 Å². The van der Waals surface area contributed by atoms with Gasteiger partial charge in [-0.25, -0.2) is 9.45 Å². The lowest BCUT2D eigenvalue weighted by molar-refractivity contribution is -0.145. The van der Waals surface area contributed by atoms with E-state index in [2.05, 4.69) is 12.1 Å². The Balaban J connectivity index is 1.69. The summed E-state index contributed by atoms with van der Waals surface area (Å²) in [4.78, 5) is 18.1. The molecule has 0 N–H and O–H groups in total. The van der Waals surface area contributed by atoms with Crippen molar-refractivity contribution in [3.05, 3.63) is 90.2 Å². The molecule has 2 atom stereocenters. The molecule has 1 fully saturated rings. The number of rotatable bonds is 4. The van der Waals surface area contributed by atoms with Crippen LogP contribution in [0.1, 0.15) is 11.6 Å². The third kappa shape index (κ3) is 3.49. The number of carbonyl (C=O) groups excluding carboxylic acids is 1. The maximum atomic E-state index is 13.3. The zero-order valence-corrected chi connectivity index (χ0v) is 15.4. The van der Waals surface area contributed by atoms with Gasteiger partial charge in [0.25, 0.3) is 0 Å². The van der Waals surface area contributed by atoms with Crippen LogP contribution in [0, 0.1) is 11.7 Å². The molecule has 4 nitrogen and oxygen atoms in total. The van der Waals surface area contributed by atoms with E-state index >= 15 is 0 Å². The fourth-order valence-corrected chi connectivity index (χ4v) is 3.54. The molecular weight excluding hydrogens is 357 g/mol. The third-order valence-electron chi connectivity index (χ3n) is 4.97. The Bertz CT molecular complexity index is 942. The molecule has 28 heavy (non-hydrogen) atoms. The Morgan fingerprint density at radius 1 is 0.964 bits per heavy atom. The lowest BCUT2D eigenvalue weighted by atomic mass is 9.92. The van der Waals surface area contributed by atoms with Crippen molar-refractivity contribution in [3.63, 3.8) is 0 Å². The van der Waals surface area contributed by atoms with Gasteiger partial charge in [0, 0.05) is 0 Å². The molecule has 0 bridgehead atoms. The molecule has 0 aromatic heterocycles. The standard InChI is InChI=1S/C23H20FNO3/c1-27-23(26)21-15-28-25(20-13-11-19(24)12-14-20)22(21)18-9-7-17(8-10-18)16-5-3-2-4-6-16/h2-14,21-22H,15H2,1H3.